The van der Waals surface area contributed by atoms with Crippen LogP contribution in [0.3, 0.4) is 0 Å². The third-order valence-electron chi connectivity index (χ3n) is 2.25. The molecule has 0 heterocycles. The molecule has 0 aromatic heterocycles. The Kier molecular flexibility index (Phi) is 3.71. The second kappa shape index (κ2) is 4.63. The molecule has 0 aliphatic carbocycles. The highest BCUT2D eigenvalue weighted by Crippen LogP contribution is 2.26. The lowest BCUT2D eigenvalue weighted by molar-refractivity contribution is 0.113. The van der Waals surface area contributed by atoms with Gasteiger partial charge >= 0.3 is 0 Å². The van der Waals surface area contributed by atoms with Crippen LogP contribution in [0.15, 0.2) is 12.1 Å². The summed E-state index contributed by atoms with van der Waals surface area (Å²) < 4.78 is 38.9. The van der Waals surface area contributed by atoms with Crippen molar-refractivity contribution in [3.63, 3.8) is 0 Å². The van der Waals surface area contributed by atoms with Crippen LogP contribution in [0.1, 0.15) is 18.6 Å². The van der Waals surface area contributed by atoms with Crippen LogP contribution in [0.25, 0.3) is 0 Å². The van der Waals surface area contributed by atoms with Crippen LogP contribution in [-0.2, 0) is 0 Å². The minimum atomic E-state index is -1.37. The first-order chi connectivity index (χ1) is 6.97. The fraction of sp³-hybridized carbons (Fsp3) is 0.400. The fourth-order valence-corrected chi connectivity index (χ4v) is 1.25. The molecule has 0 aliphatic heterocycles. The van der Waals surface area contributed by atoms with E-state index in [0.717, 1.165) is 0 Å². The maximum absolute atomic E-state index is 13.2. The third kappa shape index (κ3) is 2.49. The number of hydrogen-bond acceptors (Lipinski definition) is 2. The minimum absolute atomic E-state index is 0.0808. The summed E-state index contributed by atoms with van der Waals surface area (Å²) in [5.41, 5.74) is 4.73. The Balaban J connectivity index is 3.13. The maximum Gasteiger partial charge on any atom is 0.134 e. The highest BCUT2D eigenvalue weighted by molar-refractivity contribution is 5.23. The van der Waals surface area contributed by atoms with Crippen molar-refractivity contribution in [3.05, 3.63) is 35.1 Å². The molecule has 2 atom stereocenters. The first kappa shape index (κ1) is 12.0. The number of rotatable bonds is 3. The van der Waals surface area contributed by atoms with Crippen LogP contribution in [0.2, 0.25) is 0 Å². The summed E-state index contributed by atoms with van der Waals surface area (Å²) in [5.74, 6) is -3.71. The molecule has 0 saturated carbocycles. The van der Waals surface area contributed by atoms with E-state index in [0.29, 0.717) is 12.1 Å². The Morgan fingerprint density at radius 1 is 1.27 bits per heavy atom. The van der Waals surface area contributed by atoms with E-state index in [9.17, 15) is 18.3 Å². The van der Waals surface area contributed by atoms with Crippen LogP contribution in [-0.4, -0.2) is 11.7 Å². The summed E-state index contributed by atoms with van der Waals surface area (Å²) in [5, 5.41) is 9.56. The average Bonchev–Trinajstić information content (AvgIpc) is 2.14. The lowest BCUT2D eigenvalue weighted by Gasteiger charge is -2.18. The summed E-state index contributed by atoms with van der Waals surface area (Å²) >= 11 is 0. The van der Waals surface area contributed by atoms with E-state index in [4.69, 9.17) is 5.73 Å². The van der Waals surface area contributed by atoms with Crippen molar-refractivity contribution in [1.82, 2.24) is 0 Å². The van der Waals surface area contributed by atoms with Crippen molar-refractivity contribution < 1.29 is 18.3 Å². The predicted octanol–water partition coefficient (Wildman–Crippen LogP) is 1.73. The van der Waals surface area contributed by atoms with Gasteiger partial charge in [-0.1, -0.05) is 6.92 Å². The van der Waals surface area contributed by atoms with E-state index in [1.807, 2.05) is 0 Å². The molecule has 84 valence electrons. The zero-order valence-electron chi connectivity index (χ0n) is 8.17. The molecular weight excluding hydrogens is 207 g/mol. The molecule has 15 heavy (non-hydrogen) atoms. The molecule has 0 amide bonds. The van der Waals surface area contributed by atoms with Crippen molar-refractivity contribution in [2.24, 2.45) is 11.7 Å². The van der Waals surface area contributed by atoms with Crippen LogP contribution >= 0.6 is 0 Å². The van der Waals surface area contributed by atoms with Gasteiger partial charge in [0.05, 0.1) is 11.7 Å². The van der Waals surface area contributed by atoms with Gasteiger partial charge in [-0.2, -0.15) is 0 Å². The normalized spacial score (nSPS) is 15.1. The molecule has 0 spiro atoms. The molecule has 2 nitrogen and oxygen atoms in total. The molecule has 0 bridgehead atoms. The van der Waals surface area contributed by atoms with Crippen LogP contribution in [0.5, 0.6) is 0 Å². The standard InChI is InChI=1S/C10H12F3NO/c1-5(4-14)10(15)9-7(12)2-6(11)3-8(9)13/h2-3,5,10,15H,4,14H2,1H3. The molecule has 0 radical (unpaired) electrons. The molecule has 1 aromatic rings. The predicted molar refractivity (Wildman–Crippen MR) is 49.5 cm³/mol. The van der Waals surface area contributed by atoms with Gasteiger partial charge in [-0.3, -0.25) is 0 Å². The zero-order valence-corrected chi connectivity index (χ0v) is 8.17. The number of benzene rings is 1. The van der Waals surface area contributed by atoms with E-state index in [-0.39, 0.29) is 6.54 Å². The van der Waals surface area contributed by atoms with Crippen LogP contribution < -0.4 is 5.73 Å². The van der Waals surface area contributed by atoms with Crippen molar-refractivity contribution in [2.75, 3.05) is 6.54 Å². The topological polar surface area (TPSA) is 46.2 Å². The zero-order chi connectivity index (χ0) is 11.6. The molecular formula is C10H12F3NO. The molecule has 0 fully saturated rings. The lowest BCUT2D eigenvalue weighted by Crippen LogP contribution is -2.20. The molecule has 3 N–H and O–H groups in total. The summed E-state index contributed by atoms with van der Waals surface area (Å²) in [7, 11) is 0. The van der Waals surface area contributed by atoms with Crippen molar-refractivity contribution >= 4 is 0 Å². The quantitative estimate of drug-likeness (QED) is 0.813. The van der Waals surface area contributed by atoms with Crippen molar-refractivity contribution in [3.8, 4) is 0 Å². The first-order valence-electron chi connectivity index (χ1n) is 4.50. The summed E-state index contributed by atoms with van der Waals surface area (Å²) in [6.07, 6.45) is -1.37. The number of halogens is 3. The highest BCUT2D eigenvalue weighted by Gasteiger charge is 2.23. The first-order valence-corrected chi connectivity index (χ1v) is 4.50. The van der Waals surface area contributed by atoms with Gasteiger partial charge in [0.25, 0.3) is 0 Å². The van der Waals surface area contributed by atoms with Crippen LogP contribution in [0, 0.1) is 23.4 Å². The van der Waals surface area contributed by atoms with E-state index in [1.54, 1.807) is 6.92 Å². The number of aliphatic hydroxyl groups excluding tert-OH is 1. The second-order valence-corrected chi connectivity index (χ2v) is 3.44. The highest BCUT2D eigenvalue weighted by atomic mass is 19.1. The van der Waals surface area contributed by atoms with Gasteiger partial charge in [0, 0.05) is 12.1 Å². The Morgan fingerprint density at radius 3 is 2.13 bits per heavy atom. The molecule has 2 unspecified atom stereocenters. The smallest absolute Gasteiger partial charge is 0.134 e. The van der Waals surface area contributed by atoms with Gasteiger partial charge in [0.1, 0.15) is 17.5 Å². The van der Waals surface area contributed by atoms with Crippen molar-refractivity contribution in [1.29, 1.82) is 0 Å². The average molecular weight is 219 g/mol. The Hall–Kier alpha value is -1.07. The van der Waals surface area contributed by atoms with E-state index in [1.165, 1.54) is 0 Å². The van der Waals surface area contributed by atoms with Gasteiger partial charge in [-0.15, -0.1) is 0 Å². The van der Waals surface area contributed by atoms with E-state index < -0.39 is 35.0 Å². The number of hydrogen-bond donors (Lipinski definition) is 2. The molecule has 0 saturated heterocycles. The maximum atomic E-state index is 13.2. The Bertz CT molecular complexity index is 334. The Labute approximate surface area is 85.5 Å². The third-order valence-corrected chi connectivity index (χ3v) is 2.25. The summed E-state index contributed by atoms with van der Waals surface area (Å²) in [4.78, 5) is 0. The molecule has 0 aliphatic rings. The van der Waals surface area contributed by atoms with Gasteiger partial charge in [-0.25, -0.2) is 13.2 Å². The lowest BCUT2D eigenvalue weighted by atomic mass is 9.96. The SMILES string of the molecule is CC(CN)C(O)c1c(F)cc(F)cc1F. The van der Waals surface area contributed by atoms with Gasteiger partial charge in [0.2, 0.25) is 0 Å². The Morgan fingerprint density at radius 2 is 1.73 bits per heavy atom. The fourth-order valence-electron chi connectivity index (χ4n) is 1.25. The monoisotopic (exact) mass is 219 g/mol. The van der Waals surface area contributed by atoms with Crippen molar-refractivity contribution in [2.45, 2.75) is 13.0 Å². The second-order valence-electron chi connectivity index (χ2n) is 3.44. The van der Waals surface area contributed by atoms with Crippen LogP contribution in [0.4, 0.5) is 13.2 Å². The number of aliphatic hydroxyl groups is 1. The molecule has 5 heteroatoms. The van der Waals surface area contributed by atoms with E-state index >= 15 is 0 Å². The minimum Gasteiger partial charge on any atom is -0.388 e. The summed E-state index contributed by atoms with van der Waals surface area (Å²) in [6.45, 7) is 1.63. The van der Waals surface area contributed by atoms with Gasteiger partial charge in [0.15, 0.2) is 0 Å². The molecule has 1 rings (SSSR count). The summed E-state index contributed by atoms with van der Waals surface area (Å²) in [6, 6.07) is 1.07. The molecule has 1 aromatic carbocycles. The number of nitrogens with two attached hydrogens (primary N) is 1. The van der Waals surface area contributed by atoms with E-state index in [2.05, 4.69) is 0 Å². The van der Waals surface area contributed by atoms with Gasteiger partial charge in [-0.05, 0) is 12.5 Å². The largest absolute Gasteiger partial charge is 0.388 e. The van der Waals surface area contributed by atoms with Gasteiger partial charge < -0.3 is 10.8 Å².